The number of hydrogen-bond acceptors (Lipinski definition) is 5. The van der Waals surface area contributed by atoms with Gasteiger partial charge in [-0.1, -0.05) is 6.07 Å². The van der Waals surface area contributed by atoms with Gasteiger partial charge < -0.3 is 24.4 Å². The maximum atomic E-state index is 11.4. The first-order valence-electron chi connectivity index (χ1n) is 7.45. The molecule has 0 atom stereocenters. The summed E-state index contributed by atoms with van der Waals surface area (Å²) in [5, 5.41) is 3.53. The number of nitrogens with zero attached hydrogens (tertiary/aromatic N) is 1. The number of carbonyl (C=O) groups is 1. The van der Waals surface area contributed by atoms with Crippen LogP contribution in [0, 0.1) is 0 Å². The summed E-state index contributed by atoms with van der Waals surface area (Å²) in [5.74, 6) is 1.47. The van der Waals surface area contributed by atoms with Gasteiger partial charge in [0, 0.05) is 25.7 Å². The highest BCUT2D eigenvalue weighted by Gasteiger charge is 2.22. The van der Waals surface area contributed by atoms with Gasteiger partial charge in [0.15, 0.2) is 11.5 Å². The number of carbonyl (C=O) groups excluding carboxylic acids is 1. The van der Waals surface area contributed by atoms with E-state index in [2.05, 4.69) is 5.32 Å². The molecule has 1 amide bonds. The highest BCUT2D eigenvalue weighted by Crippen LogP contribution is 2.27. The van der Waals surface area contributed by atoms with Crippen molar-refractivity contribution in [1.82, 2.24) is 10.2 Å². The van der Waals surface area contributed by atoms with Crippen molar-refractivity contribution >= 4 is 6.09 Å². The molecule has 1 saturated heterocycles. The molecule has 0 saturated carbocycles. The second-order valence-corrected chi connectivity index (χ2v) is 5.30. The van der Waals surface area contributed by atoms with Crippen molar-refractivity contribution < 1.29 is 19.0 Å². The molecule has 6 nitrogen and oxygen atoms in total. The van der Waals surface area contributed by atoms with Gasteiger partial charge in [-0.2, -0.15) is 0 Å². The highest BCUT2D eigenvalue weighted by molar-refractivity contribution is 5.67. The van der Waals surface area contributed by atoms with Crippen LogP contribution in [0.25, 0.3) is 0 Å². The van der Waals surface area contributed by atoms with Crippen molar-refractivity contribution in [1.29, 1.82) is 0 Å². The maximum Gasteiger partial charge on any atom is 0.409 e. The Labute approximate surface area is 131 Å². The molecule has 0 aromatic heterocycles. The average Bonchev–Trinajstić information content (AvgIpc) is 2.59. The molecule has 1 fully saturated rings. The van der Waals surface area contributed by atoms with Crippen LogP contribution < -0.4 is 14.8 Å². The standard InChI is InChI=1S/C16H24N2O4/c1-20-14-5-4-12(10-15(14)21-2)11-17-13-6-8-18(9-7-13)16(19)22-3/h4-5,10,13,17H,6-9,11H2,1-3H3. The Morgan fingerprint density at radius 2 is 1.86 bits per heavy atom. The van der Waals surface area contributed by atoms with E-state index in [1.807, 2.05) is 18.2 Å². The van der Waals surface area contributed by atoms with Crippen molar-refractivity contribution in [3.8, 4) is 11.5 Å². The normalized spacial score (nSPS) is 15.5. The van der Waals surface area contributed by atoms with Gasteiger partial charge in [0.25, 0.3) is 0 Å². The predicted molar refractivity (Wildman–Crippen MR) is 83.4 cm³/mol. The number of ether oxygens (including phenoxy) is 3. The number of methoxy groups -OCH3 is 3. The minimum atomic E-state index is -0.238. The summed E-state index contributed by atoms with van der Waals surface area (Å²) >= 11 is 0. The van der Waals surface area contributed by atoms with Gasteiger partial charge in [0.05, 0.1) is 21.3 Å². The molecular weight excluding hydrogens is 284 g/mol. The molecule has 22 heavy (non-hydrogen) atoms. The van der Waals surface area contributed by atoms with Gasteiger partial charge in [-0.15, -0.1) is 0 Å². The number of rotatable bonds is 5. The summed E-state index contributed by atoms with van der Waals surface area (Å²) in [6.45, 7) is 2.23. The Morgan fingerprint density at radius 3 is 2.45 bits per heavy atom. The zero-order valence-corrected chi connectivity index (χ0v) is 13.4. The fraction of sp³-hybridized carbons (Fsp3) is 0.562. The number of nitrogens with one attached hydrogen (secondary N) is 1. The van der Waals surface area contributed by atoms with E-state index in [1.165, 1.54) is 7.11 Å². The topological polar surface area (TPSA) is 60.0 Å². The molecule has 122 valence electrons. The molecule has 1 N–H and O–H groups in total. The molecule has 1 aromatic rings. The van der Waals surface area contributed by atoms with Crippen molar-refractivity contribution in [3.05, 3.63) is 23.8 Å². The van der Waals surface area contributed by atoms with E-state index in [-0.39, 0.29) is 6.09 Å². The summed E-state index contributed by atoms with van der Waals surface area (Å²) in [7, 11) is 4.69. The zero-order valence-electron chi connectivity index (χ0n) is 13.4. The lowest BCUT2D eigenvalue weighted by atomic mass is 10.0. The first kappa shape index (κ1) is 16.4. The summed E-state index contributed by atoms with van der Waals surface area (Å²) in [4.78, 5) is 13.2. The number of benzene rings is 1. The van der Waals surface area contributed by atoms with Crippen LogP contribution in [0.15, 0.2) is 18.2 Å². The third kappa shape index (κ3) is 4.04. The number of likely N-dealkylation sites (tertiary alicyclic amines) is 1. The fourth-order valence-corrected chi connectivity index (χ4v) is 2.65. The Kier molecular flexibility index (Phi) is 5.89. The number of amides is 1. The van der Waals surface area contributed by atoms with Gasteiger partial charge in [-0.05, 0) is 30.5 Å². The van der Waals surface area contributed by atoms with Crippen molar-refractivity contribution in [2.45, 2.75) is 25.4 Å². The van der Waals surface area contributed by atoms with Crippen LogP contribution in [0.2, 0.25) is 0 Å². The first-order valence-corrected chi connectivity index (χ1v) is 7.45. The lowest BCUT2D eigenvalue weighted by Gasteiger charge is -2.31. The molecule has 6 heteroatoms. The highest BCUT2D eigenvalue weighted by atomic mass is 16.5. The first-order chi connectivity index (χ1) is 10.7. The lowest BCUT2D eigenvalue weighted by molar-refractivity contribution is 0.109. The summed E-state index contributed by atoms with van der Waals surface area (Å²) in [6.07, 6.45) is 1.63. The lowest BCUT2D eigenvalue weighted by Crippen LogP contribution is -2.44. The molecule has 1 aliphatic rings. The van der Waals surface area contributed by atoms with E-state index in [0.717, 1.165) is 49.5 Å². The molecular formula is C16H24N2O4. The largest absolute Gasteiger partial charge is 0.493 e. The van der Waals surface area contributed by atoms with Crippen LogP contribution >= 0.6 is 0 Å². The molecule has 0 spiro atoms. The van der Waals surface area contributed by atoms with Crippen molar-refractivity contribution in [2.75, 3.05) is 34.4 Å². The molecule has 0 unspecified atom stereocenters. The van der Waals surface area contributed by atoms with E-state index in [0.29, 0.717) is 6.04 Å². The molecule has 1 aliphatic heterocycles. The fourth-order valence-electron chi connectivity index (χ4n) is 2.65. The zero-order chi connectivity index (χ0) is 15.9. The number of piperidine rings is 1. The SMILES string of the molecule is COC(=O)N1CCC(NCc2ccc(OC)c(OC)c2)CC1. The second kappa shape index (κ2) is 7.89. The van der Waals surface area contributed by atoms with Crippen LogP contribution in [0.1, 0.15) is 18.4 Å². The van der Waals surface area contributed by atoms with E-state index in [9.17, 15) is 4.79 Å². The Morgan fingerprint density at radius 1 is 1.18 bits per heavy atom. The quantitative estimate of drug-likeness (QED) is 0.902. The molecule has 0 bridgehead atoms. The third-order valence-electron chi connectivity index (χ3n) is 3.97. The smallest absolute Gasteiger partial charge is 0.409 e. The Balaban J connectivity index is 1.83. The van der Waals surface area contributed by atoms with E-state index in [4.69, 9.17) is 14.2 Å². The minimum absolute atomic E-state index is 0.238. The molecule has 1 aromatic carbocycles. The van der Waals surface area contributed by atoms with Crippen LogP contribution in [0.3, 0.4) is 0 Å². The van der Waals surface area contributed by atoms with Crippen LogP contribution in [-0.2, 0) is 11.3 Å². The van der Waals surface area contributed by atoms with E-state index < -0.39 is 0 Å². The van der Waals surface area contributed by atoms with E-state index >= 15 is 0 Å². The summed E-state index contributed by atoms with van der Waals surface area (Å²) in [5.41, 5.74) is 1.15. The minimum Gasteiger partial charge on any atom is -0.493 e. The van der Waals surface area contributed by atoms with Crippen LogP contribution in [0.5, 0.6) is 11.5 Å². The van der Waals surface area contributed by atoms with Gasteiger partial charge in [0.1, 0.15) is 0 Å². The second-order valence-electron chi connectivity index (χ2n) is 5.30. The molecule has 2 rings (SSSR count). The van der Waals surface area contributed by atoms with Crippen molar-refractivity contribution in [2.24, 2.45) is 0 Å². The third-order valence-corrected chi connectivity index (χ3v) is 3.97. The molecule has 1 heterocycles. The van der Waals surface area contributed by atoms with Crippen LogP contribution in [-0.4, -0.2) is 51.5 Å². The van der Waals surface area contributed by atoms with E-state index in [1.54, 1.807) is 19.1 Å². The van der Waals surface area contributed by atoms with Crippen LogP contribution in [0.4, 0.5) is 4.79 Å². The van der Waals surface area contributed by atoms with Gasteiger partial charge in [0.2, 0.25) is 0 Å². The maximum absolute atomic E-state index is 11.4. The van der Waals surface area contributed by atoms with Gasteiger partial charge in [-0.25, -0.2) is 4.79 Å². The van der Waals surface area contributed by atoms with Gasteiger partial charge >= 0.3 is 6.09 Å². The molecule has 0 radical (unpaired) electrons. The Hall–Kier alpha value is -1.95. The molecule has 0 aliphatic carbocycles. The monoisotopic (exact) mass is 308 g/mol. The summed E-state index contributed by atoms with van der Waals surface area (Å²) in [6, 6.07) is 6.33. The van der Waals surface area contributed by atoms with Crippen molar-refractivity contribution in [3.63, 3.8) is 0 Å². The van der Waals surface area contributed by atoms with Gasteiger partial charge in [-0.3, -0.25) is 0 Å². The number of hydrogen-bond donors (Lipinski definition) is 1. The summed E-state index contributed by atoms with van der Waals surface area (Å²) < 4.78 is 15.3. The average molecular weight is 308 g/mol. The predicted octanol–water partition coefficient (Wildman–Crippen LogP) is 2.02. The Bertz CT molecular complexity index is 499.